The number of hydrogen-bond acceptors (Lipinski definition) is 4. The number of anilines is 1. The fourth-order valence-electron chi connectivity index (χ4n) is 2.19. The molecule has 112 valence electrons. The molecule has 0 aliphatic carbocycles. The highest BCUT2D eigenvalue weighted by molar-refractivity contribution is 7.16. The Bertz CT molecular complexity index is 793. The lowest BCUT2D eigenvalue weighted by molar-refractivity contribution is 0.0951. The van der Waals surface area contributed by atoms with Crippen LogP contribution in [0.15, 0.2) is 48.0 Å². The van der Waals surface area contributed by atoms with Crippen LogP contribution in [0.1, 0.15) is 15.9 Å². The molecular weight excluding hydrogens is 294 g/mol. The average Bonchev–Trinajstić information content (AvgIpc) is 3.00. The summed E-state index contributed by atoms with van der Waals surface area (Å²) in [6, 6.07) is 13.7. The number of hydrogen-bond donors (Lipinski definition) is 1. The minimum absolute atomic E-state index is 0.0630. The van der Waals surface area contributed by atoms with E-state index in [0.717, 1.165) is 21.5 Å². The van der Waals surface area contributed by atoms with Crippen molar-refractivity contribution in [1.29, 1.82) is 0 Å². The predicted octanol–water partition coefficient (Wildman–Crippen LogP) is 3.29. The predicted molar refractivity (Wildman–Crippen MR) is 91.6 cm³/mol. The monoisotopic (exact) mass is 311 g/mol. The fourth-order valence-corrected chi connectivity index (χ4v) is 2.91. The van der Waals surface area contributed by atoms with Crippen molar-refractivity contribution in [3.63, 3.8) is 0 Å². The van der Waals surface area contributed by atoms with Gasteiger partial charge >= 0.3 is 0 Å². The summed E-state index contributed by atoms with van der Waals surface area (Å²) in [7, 11) is 4.01. The Balaban J connectivity index is 1.66. The lowest BCUT2D eigenvalue weighted by atomic mass is 10.1. The molecule has 0 atom stereocenters. The number of amides is 1. The van der Waals surface area contributed by atoms with E-state index in [4.69, 9.17) is 0 Å². The number of carbonyl (C=O) groups is 1. The summed E-state index contributed by atoms with van der Waals surface area (Å²) >= 11 is 1.54. The first kappa shape index (κ1) is 14.5. The number of carbonyl (C=O) groups excluding carboxylic acids is 1. The molecule has 3 rings (SSSR count). The largest absolute Gasteiger partial charge is 0.378 e. The van der Waals surface area contributed by atoms with Crippen LogP contribution in [0.4, 0.5) is 5.69 Å². The molecule has 4 nitrogen and oxygen atoms in total. The van der Waals surface area contributed by atoms with Crippen molar-refractivity contribution in [2.24, 2.45) is 0 Å². The molecule has 0 aliphatic heterocycles. The smallest absolute Gasteiger partial charge is 0.251 e. The molecule has 0 saturated carbocycles. The van der Waals surface area contributed by atoms with Crippen LogP contribution in [0.5, 0.6) is 0 Å². The second kappa shape index (κ2) is 6.15. The standard InChI is InChI=1S/C17H17N3OS/c1-20(2)14-6-3-12(4-7-14)10-18-17(21)13-5-8-15-16(9-13)22-11-19-15/h3-9,11H,10H2,1-2H3,(H,18,21). The molecule has 1 aromatic heterocycles. The zero-order valence-electron chi connectivity index (χ0n) is 12.5. The summed E-state index contributed by atoms with van der Waals surface area (Å²) in [6.07, 6.45) is 0. The molecule has 0 aliphatic rings. The summed E-state index contributed by atoms with van der Waals surface area (Å²) < 4.78 is 1.03. The molecule has 1 amide bonds. The van der Waals surface area contributed by atoms with Crippen molar-refractivity contribution in [2.75, 3.05) is 19.0 Å². The molecule has 1 N–H and O–H groups in total. The van der Waals surface area contributed by atoms with Gasteiger partial charge in [0.05, 0.1) is 15.7 Å². The van der Waals surface area contributed by atoms with Gasteiger partial charge in [-0.1, -0.05) is 12.1 Å². The van der Waals surface area contributed by atoms with Gasteiger partial charge in [0.2, 0.25) is 0 Å². The Kier molecular flexibility index (Phi) is 4.06. The van der Waals surface area contributed by atoms with Crippen molar-refractivity contribution in [3.05, 3.63) is 59.1 Å². The number of benzene rings is 2. The number of rotatable bonds is 4. The molecular formula is C17H17N3OS. The first-order chi connectivity index (χ1) is 10.6. The Morgan fingerprint density at radius 3 is 2.68 bits per heavy atom. The summed E-state index contributed by atoms with van der Waals surface area (Å²) in [5.74, 6) is -0.0630. The highest BCUT2D eigenvalue weighted by Crippen LogP contribution is 2.19. The zero-order valence-corrected chi connectivity index (χ0v) is 13.4. The van der Waals surface area contributed by atoms with Gasteiger partial charge in [0.15, 0.2) is 0 Å². The van der Waals surface area contributed by atoms with E-state index in [9.17, 15) is 4.79 Å². The van der Waals surface area contributed by atoms with Crippen molar-refractivity contribution < 1.29 is 4.79 Å². The Hall–Kier alpha value is -2.40. The molecule has 2 aromatic carbocycles. The molecule has 1 heterocycles. The lowest BCUT2D eigenvalue weighted by Crippen LogP contribution is -2.22. The Labute approximate surface area is 133 Å². The van der Waals surface area contributed by atoms with Gasteiger partial charge in [-0.2, -0.15) is 0 Å². The summed E-state index contributed by atoms with van der Waals surface area (Å²) in [4.78, 5) is 18.5. The van der Waals surface area contributed by atoms with E-state index >= 15 is 0 Å². The van der Waals surface area contributed by atoms with Gasteiger partial charge in [-0.3, -0.25) is 4.79 Å². The maximum absolute atomic E-state index is 12.2. The van der Waals surface area contributed by atoms with Crippen molar-refractivity contribution >= 4 is 33.1 Å². The molecule has 5 heteroatoms. The molecule has 3 aromatic rings. The van der Waals surface area contributed by atoms with E-state index in [0.29, 0.717) is 12.1 Å². The third kappa shape index (κ3) is 3.09. The van der Waals surface area contributed by atoms with Crippen LogP contribution in [0, 0.1) is 0 Å². The third-order valence-electron chi connectivity index (χ3n) is 3.50. The van der Waals surface area contributed by atoms with Crippen LogP contribution in [0.3, 0.4) is 0 Å². The number of fused-ring (bicyclic) bond motifs is 1. The maximum atomic E-state index is 12.2. The molecule has 0 radical (unpaired) electrons. The van der Waals surface area contributed by atoms with E-state index in [2.05, 4.69) is 10.3 Å². The molecule has 0 saturated heterocycles. The number of nitrogens with zero attached hydrogens (tertiary/aromatic N) is 2. The van der Waals surface area contributed by atoms with Gasteiger partial charge in [0, 0.05) is 31.9 Å². The molecule has 22 heavy (non-hydrogen) atoms. The fraction of sp³-hybridized carbons (Fsp3) is 0.176. The summed E-state index contributed by atoms with van der Waals surface area (Å²) in [5, 5.41) is 2.95. The summed E-state index contributed by atoms with van der Waals surface area (Å²) in [6.45, 7) is 0.521. The lowest BCUT2D eigenvalue weighted by Gasteiger charge is -2.13. The molecule has 0 spiro atoms. The van der Waals surface area contributed by atoms with Crippen LogP contribution < -0.4 is 10.2 Å². The van der Waals surface area contributed by atoms with E-state index < -0.39 is 0 Å². The van der Waals surface area contributed by atoms with Crippen molar-refractivity contribution in [3.8, 4) is 0 Å². The number of aromatic nitrogens is 1. The van der Waals surface area contributed by atoms with Gasteiger partial charge in [-0.25, -0.2) is 4.98 Å². The minimum Gasteiger partial charge on any atom is -0.378 e. The van der Waals surface area contributed by atoms with Crippen molar-refractivity contribution in [2.45, 2.75) is 6.54 Å². The Morgan fingerprint density at radius 1 is 1.18 bits per heavy atom. The zero-order chi connectivity index (χ0) is 15.5. The third-order valence-corrected chi connectivity index (χ3v) is 4.29. The maximum Gasteiger partial charge on any atom is 0.251 e. The van der Waals surface area contributed by atoms with Gasteiger partial charge < -0.3 is 10.2 Å². The van der Waals surface area contributed by atoms with E-state index in [1.165, 1.54) is 0 Å². The van der Waals surface area contributed by atoms with Gasteiger partial charge in [0.1, 0.15) is 0 Å². The van der Waals surface area contributed by atoms with Crippen LogP contribution in [0.2, 0.25) is 0 Å². The SMILES string of the molecule is CN(C)c1ccc(CNC(=O)c2ccc3ncsc3c2)cc1. The van der Waals surface area contributed by atoms with E-state index in [1.807, 2.05) is 61.5 Å². The van der Waals surface area contributed by atoms with Crippen LogP contribution in [-0.2, 0) is 6.54 Å². The van der Waals surface area contributed by atoms with Crippen LogP contribution in [-0.4, -0.2) is 25.0 Å². The second-order valence-corrected chi connectivity index (χ2v) is 6.16. The van der Waals surface area contributed by atoms with Gasteiger partial charge in [-0.05, 0) is 35.9 Å². The topological polar surface area (TPSA) is 45.2 Å². The van der Waals surface area contributed by atoms with Gasteiger partial charge in [0.25, 0.3) is 5.91 Å². The normalized spacial score (nSPS) is 10.6. The Morgan fingerprint density at radius 2 is 1.95 bits per heavy atom. The highest BCUT2D eigenvalue weighted by atomic mass is 32.1. The first-order valence-electron chi connectivity index (χ1n) is 7.01. The number of thiazole rings is 1. The van der Waals surface area contributed by atoms with E-state index in [-0.39, 0.29) is 5.91 Å². The van der Waals surface area contributed by atoms with Gasteiger partial charge in [-0.15, -0.1) is 11.3 Å². The van der Waals surface area contributed by atoms with E-state index in [1.54, 1.807) is 16.8 Å². The minimum atomic E-state index is -0.0630. The van der Waals surface area contributed by atoms with Crippen LogP contribution in [0.25, 0.3) is 10.2 Å². The quantitative estimate of drug-likeness (QED) is 0.804. The second-order valence-electron chi connectivity index (χ2n) is 5.28. The average molecular weight is 311 g/mol. The van der Waals surface area contributed by atoms with Crippen LogP contribution >= 0.6 is 11.3 Å². The van der Waals surface area contributed by atoms with Crippen molar-refractivity contribution in [1.82, 2.24) is 10.3 Å². The summed E-state index contributed by atoms with van der Waals surface area (Å²) in [5.41, 5.74) is 5.62. The highest BCUT2D eigenvalue weighted by Gasteiger charge is 2.07. The molecule has 0 unspecified atom stereocenters. The molecule has 0 fully saturated rings. The first-order valence-corrected chi connectivity index (χ1v) is 7.89. The molecule has 0 bridgehead atoms. The number of nitrogens with one attached hydrogen (secondary N) is 1.